The van der Waals surface area contributed by atoms with Gasteiger partial charge in [-0.2, -0.15) is 0 Å². The quantitative estimate of drug-likeness (QED) is 0.589. The predicted molar refractivity (Wildman–Crippen MR) is 75.6 cm³/mol. The van der Waals surface area contributed by atoms with Crippen LogP contribution in [-0.2, 0) is 16.1 Å². The summed E-state index contributed by atoms with van der Waals surface area (Å²) in [5, 5.41) is 3.95. The second kappa shape index (κ2) is 8.77. The molecule has 0 heterocycles. The molecule has 0 spiro atoms. The number of hydrogen-bond acceptors (Lipinski definition) is 4. The molecule has 0 saturated heterocycles. The van der Waals surface area contributed by atoms with E-state index < -0.39 is 0 Å². The van der Waals surface area contributed by atoms with E-state index in [1.165, 1.54) is 7.11 Å². The molecule has 1 N–H and O–H groups in total. The third-order valence-corrected chi connectivity index (χ3v) is 2.95. The smallest absolute Gasteiger partial charge is 0.308 e. The first-order chi connectivity index (χ1) is 9.19. The number of nitrogens with one attached hydrogen (secondary N) is 1. The van der Waals surface area contributed by atoms with Crippen LogP contribution in [0.15, 0.2) is 18.2 Å². The van der Waals surface area contributed by atoms with Crippen LogP contribution in [0.3, 0.4) is 0 Å². The van der Waals surface area contributed by atoms with Gasteiger partial charge in [0.15, 0.2) is 0 Å². The largest absolute Gasteiger partial charge is 0.493 e. The van der Waals surface area contributed by atoms with Gasteiger partial charge in [0, 0.05) is 17.1 Å². The Morgan fingerprint density at radius 3 is 2.89 bits per heavy atom. The first-order valence-corrected chi connectivity index (χ1v) is 6.74. The number of carbonyl (C=O) groups is 1. The fourth-order valence-corrected chi connectivity index (χ4v) is 1.81. The number of benzene rings is 1. The number of esters is 1. The molecule has 0 aliphatic carbocycles. The lowest BCUT2D eigenvalue weighted by Gasteiger charge is -2.13. The number of ether oxygens (including phenoxy) is 2. The predicted octanol–water partition coefficient (Wildman–Crippen LogP) is 2.78. The fraction of sp³-hybridized carbons (Fsp3) is 0.500. The summed E-state index contributed by atoms with van der Waals surface area (Å²) in [4.78, 5) is 11.0. The average Bonchev–Trinajstić information content (AvgIpc) is 2.41. The van der Waals surface area contributed by atoms with Gasteiger partial charge in [-0.25, -0.2) is 0 Å². The highest BCUT2D eigenvalue weighted by atomic mass is 35.5. The van der Waals surface area contributed by atoms with Crippen LogP contribution < -0.4 is 10.1 Å². The summed E-state index contributed by atoms with van der Waals surface area (Å²) in [6, 6.07) is 5.52. The molecule has 0 bridgehead atoms. The van der Waals surface area contributed by atoms with Crippen LogP contribution in [0.25, 0.3) is 0 Å². The summed E-state index contributed by atoms with van der Waals surface area (Å²) >= 11 is 6.17. The summed E-state index contributed by atoms with van der Waals surface area (Å²) < 4.78 is 10.2. The maximum Gasteiger partial charge on any atom is 0.308 e. The van der Waals surface area contributed by atoms with Gasteiger partial charge in [-0.3, -0.25) is 4.79 Å². The third kappa shape index (κ3) is 5.49. The molecule has 1 aromatic rings. The first kappa shape index (κ1) is 15.8. The maximum absolute atomic E-state index is 11.0. The highest BCUT2D eigenvalue weighted by molar-refractivity contribution is 6.31. The van der Waals surface area contributed by atoms with Gasteiger partial charge < -0.3 is 14.8 Å². The fourth-order valence-electron chi connectivity index (χ4n) is 1.58. The molecule has 4 nitrogen and oxygen atoms in total. The van der Waals surface area contributed by atoms with Crippen molar-refractivity contribution in [3.63, 3.8) is 0 Å². The maximum atomic E-state index is 11.0. The van der Waals surface area contributed by atoms with Crippen molar-refractivity contribution in [2.45, 2.75) is 26.3 Å². The number of hydrogen-bond donors (Lipinski definition) is 1. The standard InChI is InChI=1S/C14H20ClNO3/c1-3-8-16-10-11-12(15)5-4-6-13(11)19-9-7-14(17)18-2/h4-6,16H,3,7-10H2,1-2H3. The molecule has 0 saturated carbocycles. The van der Waals surface area contributed by atoms with E-state index in [1.807, 2.05) is 18.2 Å². The molecule has 19 heavy (non-hydrogen) atoms. The van der Waals surface area contributed by atoms with Gasteiger partial charge in [0.05, 0.1) is 20.1 Å². The molecule has 0 atom stereocenters. The molecule has 0 aromatic heterocycles. The van der Waals surface area contributed by atoms with E-state index >= 15 is 0 Å². The monoisotopic (exact) mass is 285 g/mol. The van der Waals surface area contributed by atoms with Gasteiger partial charge in [-0.05, 0) is 25.1 Å². The second-order valence-corrected chi connectivity index (χ2v) is 4.48. The minimum atomic E-state index is -0.285. The van der Waals surface area contributed by atoms with Crippen LogP contribution in [0.1, 0.15) is 25.3 Å². The SMILES string of the molecule is CCCNCc1c(Cl)cccc1OCCC(=O)OC. The number of rotatable bonds is 8. The highest BCUT2D eigenvalue weighted by Gasteiger charge is 2.09. The molecule has 1 rings (SSSR count). The average molecular weight is 286 g/mol. The summed E-state index contributed by atoms with van der Waals surface area (Å²) in [7, 11) is 1.36. The van der Waals surface area contributed by atoms with Gasteiger partial charge in [0.1, 0.15) is 5.75 Å². The van der Waals surface area contributed by atoms with Crippen LogP contribution in [0.4, 0.5) is 0 Å². The van der Waals surface area contributed by atoms with Gasteiger partial charge in [-0.15, -0.1) is 0 Å². The number of methoxy groups -OCH3 is 1. The van der Waals surface area contributed by atoms with E-state index in [2.05, 4.69) is 17.0 Å². The van der Waals surface area contributed by atoms with Crippen molar-refractivity contribution in [2.75, 3.05) is 20.3 Å². The Labute approximate surface area is 119 Å². The number of carbonyl (C=O) groups excluding carboxylic acids is 1. The summed E-state index contributed by atoms with van der Waals surface area (Å²) in [6.45, 7) is 3.97. The number of halogens is 1. The first-order valence-electron chi connectivity index (χ1n) is 6.36. The van der Waals surface area contributed by atoms with Crippen molar-refractivity contribution >= 4 is 17.6 Å². The molecular formula is C14H20ClNO3. The summed E-state index contributed by atoms with van der Waals surface area (Å²) in [5.41, 5.74) is 0.919. The van der Waals surface area contributed by atoms with E-state index in [1.54, 1.807) is 0 Å². The summed E-state index contributed by atoms with van der Waals surface area (Å²) in [6.07, 6.45) is 1.29. The van der Waals surface area contributed by atoms with Crippen molar-refractivity contribution in [3.8, 4) is 5.75 Å². The minimum absolute atomic E-state index is 0.227. The molecule has 5 heteroatoms. The van der Waals surface area contributed by atoms with Crippen LogP contribution in [0.5, 0.6) is 5.75 Å². The Morgan fingerprint density at radius 2 is 2.21 bits per heavy atom. The lowest BCUT2D eigenvalue weighted by Crippen LogP contribution is -2.15. The Hall–Kier alpha value is -1.26. The molecule has 0 unspecified atom stereocenters. The Kier molecular flexibility index (Phi) is 7.30. The lowest BCUT2D eigenvalue weighted by molar-refractivity contribution is -0.141. The van der Waals surface area contributed by atoms with Crippen molar-refractivity contribution in [2.24, 2.45) is 0 Å². The zero-order chi connectivity index (χ0) is 14.1. The third-order valence-electron chi connectivity index (χ3n) is 2.60. The Bertz CT molecular complexity index is 410. The van der Waals surface area contributed by atoms with Gasteiger partial charge in [0.2, 0.25) is 0 Å². The molecule has 0 aliphatic rings. The van der Waals surface area contributed by atoms with Gasteiger partial charge in [-0.1, -0.05) is 24.6 Å². The van der Waals surface area contributed by atoms with Gasteiger partial charge >= 0.3 is 5.97 Å². The molecule has 0 aliphatic heterocycles. The Balaban J connectivity index is 2.60. The van der Waals surface area contributed by atoms with E-state index in [9.17, 15) is 4.79 Å². The van der Waals surface area contributed by atoms with Crippen molar-refractivity contribution in [1.29, 1.82) is 0 Å². The zero-order valence-corrected chi connectivity index (χ0v) is 12.1. The van der Waals surface area contributed by atoms with E-state index in [0.29, 0.717) is 17.3 Å². The lowest BCUT2D eigenvalue weighted by atomic mass is 10.2. The van der Waals surface area contributed by atoms with Crippen molar-refractivity contribution < 1.29 is 14.3 Å². The highest BCUT2D eigenvalue weighted by Crippen LogP contribution is 2.26. The molecule has 0 radical (unpaired) electrons. The zero-order valence-electron chi connectivity index (χ0n) is 11.4. The topological polar surface area (TPSA) is 47.6 Å². The molecule has 1 aromatic carbocycles. The van der Waals surface area contributed by atoms with Crippen LogP contribution in [0.2, 0.25) is 5.02 Å². The molecule has 106 valence electrons. The second-order valence-electron chi connectivity index (χ2n) is 4.07. The van der Waals surface area contributed by atoms with Crippen molar-refractivity contribution in [3.05, 3.63) is 28.8 Å². The molecule has 0 fully saturated rings. The molecule has 0 amide bonds. The minimum Gasteiger partial charge on any atom is -0.493 e. The van der Waals surface area contributed by atoms with E-state index in [4.69, 9.17) is 16.3 Å². The van der Waals surface area contributed by atoms with Crippen LogP contribution in [0, 0.1) is 0 Å². The Morgan fingerprint density at radius 1 is 1.42 bits per heavy atom. The summed E-state index contributed by atoms with van der Waals surface area (Å²) in [5.74, 6) is 0.424. The molecular weight excluding hydrogens is 266 g/mol. The van der Waals surface area contributed by atoms with Crippen LogP contribution >= 0.6 is 11.6 Å². The van der Waals surface area contributed by atoms with Crippen LogP contribution in [-0.4, -0.2) is 26.2 Å². The van der Waals surface area contributed by atoms with E-state index in [-0.39, 0.29) is 19.0 Å². The normalized spacial score (nSPS) is 10.3. The van der Waals surface area contributed by atoms with Gasteiger partial charge in [0.25, 0.3) is 0 Å². The van der Waals surface area contributed by atoms with Crippen molar-refractivity contribution in [1.82, 2.24) is 5.32 Å². The van der Waals surface area contributed by atoms with E-state index in [0.717, 1.165) is 18.5 Å².